The second-order valence-corrected chi connectivity index (χ2v) is 5.76. The van der Waals surface area contributed by atoms with E-state index in [0.717, 1.165) is 37.6 Å². The number of hydrogen-bond donors (Lipinski definition) is 2. The van der Waals surface area contributed by atoms with Crippen LogP contribution in [0, 0.1) is 6.92 Å². The fourth-order valence-corrected chi connectivity index (χ4v) is 2.42. The predicted molar refractivity (Wildman–Crippen MR) is 116 cm³/mol. The molecule has 2 N–H and O–H groups in total. The molecule has 0 spiro atoms. The van der Waals surface area contributed by atoms with Crippen molar-refractivity contribution in [1.29, 1.82) is 0 Å². The van der Waals surface area contributed by atoms with Crippen LogP contribution in [0.1, 0.15) is 16.7 Å². The average molecular weight is 453 g/mol. The van der Waals surface area contributed by atoms with E-state index >= 15 is 0 Å². The van der Waals surface area contributed by atoms with E-state index in [1.54, 1.807) is 14.2 Å². The van der Waals surface area contributed by atoms with Crippen LogP contribution >= 0.6 is 24.0 Å². The van der Waals surface area contributed by atoms with Crippen LogP contribution < -0.4 is 15.4 Å². The molecule has 5 heteroatoms. The second-order valence-electron chi connectivity index (χ2n) is 5.76. The molecular weight excluding hydrogens is 425 g/mol. The number of aryl methyl sites for hydroxylation is 1. The van der Waals surface area contributed by atoms with E-state index in [1.165, 1.54) is 16.7 Å². The normalized spacial score (nSPS) is 10.8. The van der Waals surface area contributed by atoms with Gasteiger partial charge in [0.1, 0.15) is 5.75 Å². The minimum Gasteiger partial charge on any atom is -0.497 e. The van der Waals surface area contributed by atoms with E-state index < -0.39 is 0 Å². The molecule has 0 radical (unpaired) electrons. The molecule has 0 aliphatic carbocycles. The lowest BCUT2D eigenvalue weighted by molar-refractivity contribution is 0.414. The minimum absolute atomic E-state index is 0. The highest BCUT2D eigenvalue weighted by Gasteiger charge is 1.99. The van der Waals surface area contributed by atoms with Gasteiger partial charge in [0.05, 0.1) is 7.11 Å². The van der Waals surface area contributed by atoms with Gasteiger partial charge in [-0.05, 0) is 43.0 Å². The van der Waals surface area contributed by atoms with E-state index in [2.05, 4.69) is 58.9 Å². The topological polar surface area (TPSA) is 45.7 Å². The zero-order valence-corrected chi connectivity index (χ0v) is 17.5. The van der Waals surface area contributed by atoms with Crippen LogP contribution in [0.25, 0.3) is 0 Å². The summed E-state index contributed by atoms with van der Waals surface area (Å²) in [7, 11) is 3.48. The first-order valence-corrected chi connectivity index (χ1v) is 8.34. The van der Waals surface area contributed by atoms with Crippen LogP contribution in [0.2, 0.25) is 0 Å². The first kappa shape index (κ1) is 21.3. The molecule has 0 aliphatic rings. The van der Waals surface area contributed by atoms with Gasteiger partial charge >= 0.3 is 0 Å². The van der Waals surface area contributed by atoms with Crippen molar-refractivity contribution in [1.82, 2.24) is 10.6 Å². The van der Waals surface area contributed by atoms with Gasteiger partial charge in [-0.15, -0.1) is 24.0 Å². The Balaban J connectivity index is 0.00000312. The summed E-state index contributed by atoms with van der Waals surface area (Å²) < 4.78 is 5.17. The first-order valence-electron chi connectivity index (χ1n) is 8.34. The molecule has 2 aromatic rings. The maximum absolute atomic E-state index is 5.17. The van der Waals surface area contributed by atoms with Crippen LogP contribution in [0.4, 0.5) is 0 Å². The molecule has 2 rings (SSSR count). The monoisotopic (exact) mass is 453 g/mol. The summed E-state index contributed by atoms with van der Waals surface area (Å²) in [5.74, 6) is 1.73. The van der Waals surface area contributed by atoms with Crippen molar-refractivity contribution in [2.45, 2.75) is 19.8 Å². The van der Waals surface area contributed by atoms with Crippen molar-refractivity contribution in [3.8, 4) is 5.75 Å². The third kappa shape index (κ3) is 7.77. The summed E-state index contributed by atoms with van der Waals surface area (Å²) in [6, 6.07) is 16.8. The summed E-state index contributed by atoms with van der Waals surface area (Å²) in [6.07, 6.45) is 1.93. The Kier molecular flexibility index (Phi) is 9.99. The van der Waals surface area contributed by atoms with Crippen molar-refractivity contribution in [3.63, 3.8) is 0 Å². The molecule has 0 aliphatic heterocycles. The number of halogens is 1. The summed E-state index contributed by atoms with van der Waals surface area (Å²) in [6.45, 7) is 3.82. The van der Waals surface area contributed by atoms with E-state index in [9.17, 15) is 0 Å². The molecule has 0 saturated carbocycles. The predicted octanol–water partition coefficient (Wildman–Crippen LogP) is 3.57. The maximum atomic E-state index is 5.17. The van der Waals surface area contributed by atoms with Crippen LogP contribution in [-0.2, 0) is 12.8 Å². The van der Waals surface area contributed by atoms with Crippen molar-refractivity contribution in [2.24, 2.45) is 4.99 Å². The molecule has 0 saturated heterocycles. The lowest BCUT2D eigenvalue weighted by Gasteiger charge is -2.12. The number of rotatable bonds is 7. The highest BCUT2D eigenvalue weighted by atomic mass is 127. The standard InChI is InChI=1S/C20H27N3O.HI/c1-16-4-6-17(7-5-16)12-14-22-20(21-2)23-15-13-18-8-10-19(24-3)11-9-18;/h4-11H,12-15H2,1-3H3,(H2,21,22,23);1H. The smallest absolute Gasteiger partial charge is 0.190 e. The highest BCUT2D eigenvalue weighted by molar-refractivity contribution is 14.0. The van der Waals surface area contributed by atoms with Gasteiger partial charge in [0.25, 0.3) is 0 Å². The molecule has 0 amide bonds. The number of methoxy groups -OCH3 is 1. The molecule has 136 valence electrons. The van der Waals surface area contributed by atoms with E-state index in [0.29, 0.717) is 0 Å². The van der Waals surface area contributed by atoms with Gasteiger partial charge in [-0.25, -0.2) is 0 Å². The molecule has 0 unspecified atom stereocenters. The highest BCUT2D eigenvalue weighted by Crippen LogP contribution is 2.11. The molecule has 0 aromatic heterocycles. The average Bonchev–Trinajstić information content (AvgIpc) is 2.62. The Morgan fingerprint density at radius 3 is 1.80 bits per heavy atom. The molecule has 0 heterocycles. The van der Waals surface area contributed by atoms with Gasteiger partial charge < -0.3 is 15.4 Å². The molecule has 2 aromatic carbocycles. The van der Waals surface area contributed by atoms with Gasteiger partial charge in [0.2, 0.25) is 0 Å². The third-order valence-electron chi connectivity index (χ3n) is 3.92. The fraction of sp³-hybridized carbons (Fsp3) is 0.350. The largest absolute Gasteiger partial charge is 0.497 e. The minimum atomic E-state index is 0. The molecular formula is C20H28IN3O. The summed E-state index contributed by atoms with van der Waals surface area (Å²) >= 11 is 0. The Labute approximate surface area is 168 Å². The van der Waals surface area contributed by atoms with Gasteiger partial charge in [-0.2, -0.15) is 0 Å². The number of ether oxygens (including phenoxy) is 1. The summed E-state index contributed by atoms with van der Waals surface area (Å²) in [4.78, 5) is 4.27. The number of guanidine groups is 1. The Morgan fingerprint density at radius 1 is 0.880 bits per heavy atom. The van der Waals surface area contributed by atoms with Crippen LogP contribution in [0.5, 0.6) is 5.75 Å². The third-order valence-corrected chi connectivity index (χ3v) is 3.92. The maximum Gasteiger partial charge on any atom is 0.190 e. The van der Waals surface area contributed by atoms with Crippen LogP contribution in [-0.4, -0.2) is 33.2 Å². The van der Waals surface area contributed by atoms with Crippen LogP contribution in [0.15, 0.2) is 53.5 Å². The Bertz CT molecular complexity index is 639. The molecule has 0 atom stereocenters. The molecule has 0 bridgehead atoms. The quantitative estimate of drug-likeness (QED) is 0.383. The van der Waals surface area contributed by atoms with Gasteiger partial charge in [-0.1, -0.05) is 42.0 Å². The molecule has 0 fully saturated rings. The van der Waals surface area contributed by atoms with Crippen molar-refractivity contribution in [2.75, 3.05) is 27.2 Å². The summed E-state index contributed by atoms with van der Waals surface area (Å²) in [5, 5.41) is 6.71. The Morgan fingerprint density at radius 2 is 1.36 bits per heavy atom. The SMILES string of the molecule is CN=C(NCCc1ccc(C)cc1)NCCc1ccc(OC)cc1.I. The van der Waals surface area contributed by atoms with Crippen molar-refractivity contribution < 1.29 is 4.74 Å². The summed E-state index contributed by atoms with van der Waals surface area (Å²) in [5.41, 5.74) is 3.91. The van der Waals surface area contributed by atoms with Gasteiger partial charge in [0.15, 0.2) is 5.96 Å². The first-order chi connectivity index (χ1) is 11.7. The van der Waals surface area contributed by atoms with Crippen molar-refractivity contribution in [3.05, 3.63) is 65.2 Å². The lowest BCUT2D eigenvalue weighted by Crippen LogP contribution is -2.39. The zero-order chi connectivity index (χ0) is 17.2. The van der Waals surface area contributed by atoms with Gasteiger partial charge in [0, 0.05) is 20.1 Å². The molecule has 25 heavy (non-hydrogen) atoms. The van der Waals surface area contributed by atoms with Crippen molar-refractivity contribution >= 4 is 29.9 Å². The fourth-order valence-electron chi connectivity index (χ4n) is 2.42. The van der Waals surface area contributed by atoms with Gasteiger partial charge in [-0.3, -0.25) is 4.99 Å². The lowest BCUT2D eigenvalue weighted by atomic mass is 10.1. The van der Waals surface area contributed by atoms with Crippen LogP contribution in [0.3, 0.4) is 0 Å². The number of hydrogen-bond acceptors (Lipinski definition) is 2. The number of benzene rings is 2. The second kappa shape index (κ2) is 11.7. The van der Waals surface area contributed by atoms with E-state index in [1.807, 2.05) is 12.1 Å². The van der Waals surface area contributed by atoms with E-state index in [4.69, 9.17) is 4.74 Å². The Hall–Kier alpha value is -1.76. The number of nitrogens with one attached hydrogen (secondary N) is 2. The molecule has 4 nitrogen and oxygen atoms in total. The number of aliphatic imine (C=N–C) groups is 1. The van der Waals surface area contributed by atoms with E-state index in [-0.39, 0.29) is 24.0 Å². The number of nitrogens with zero attached hydrogens (tertiary/aromatic N) is 1. The zero-order valence-electron chi connectivity index (χ0n) is 15.2.